The van der Waals surface area contributed by atoms with E-state index in [4.69, 9.17) is 16.3 Å². The molecule has 19 heavy (non-hydrogen) atoms. The molecular weight excluding hydrogens is 264 g/mol. The Kier molecular flexibility index (Phi) is 3.33. The lowest BCUT2D eigenvalue weighted by Crippen LogP contribution is -2.33. The highest BCUT2D eigenvalue weighted by atomic mass is 35.5. The molecule has 0 atom stereocenters. The van der Waals surface area contributed by atoms with Gasteiger partial charge in [-0.05, 0) is 30.4 Å². The molecule has 0 unspecified atom stereocenters. The van der Waals surface area contributed by atoms with Crippen LogP contribution in [0.5, 0.6) is 0 Å². The summed E-state index contributed by atoms with van der Waals surface area (Å²) in [6.45, 7) is 4.81. The number of pyridine rings is 1. The second kappa shape index (κ2) is 4.98. The highest BCUT2D eigenvalue weighted by Gasteiger charge is 2.27. The zero-order valence-electron chi connectivity index (χ0n) is 10.9. The summed E-state index contributed by atoms with van der Waals surface area (Å²) in [5, 5.41) is 8.34. The summed E-state index contributed by atoms with van der Waals surface area (Å²) in [6, 6.07) is 3.67. The molecule has 3 heterocycles. The van der Waals surface area contributed by atoms with Crippen molar-refractivity contribution in [3.8, 4) is 0 Å². The minimum absolute atomic E-state index is 0.257. The first-order chi connectivity index (χ1) is 9.15. The van der Waals surface area contributed by atoms with Gasteiger partial charge in [-0.2, -0.15) is 4.98 Å². The minimum Gasteiger partial charge on any atom is -0.381 e. The first-order valence-electron chi connectivity index (χ1n) is 6.48. The van der Waals surface area contributed by atoms with Gasteiger partial charge < -0.3 is 10.1 Å². The van der Waals surface area contributed by atoms with Gasteiger partial charge in [-0.15, -0.1) is 5.10 Å². The molecule has 0 aliphatic carbocycles. The fourth-order valence-electron chi connectivity index (χ4n) is 2.27. The maximum atomic E-state index is 5.93. The van der Waals surface area contributed by atoms with Gasteiger partial charge in [-0.3, -0.25) is 0 Å². The normalized spacial score (nSPS) is 18.6. The van der Waals surface area contributed by atoms with Gasteiger partial charge in [0, 0.05) is 26.0 Å². The van der Waals surface area contributed by atoms with Crippen molar-refractivity contribution in [2.75, 3.05) is 25.1 Å². The Morgan fingerprint density at radius 3 is 3.00 bits per heavy atom. The van der Waals surface area contributed by atoms with Gasteiger partial charge in [0.2, 0.25) is 5.95 Å². The van der Waals surface area contributed by atoms with Crippen LogP contribution in [0.4, 0.5) is 5.95 Å². The van der Waals surface area contributed by atoms with Crippen LogP contribution in [0.2, 0.25) is 5.02 Å². The van der Waals surface area contributed by atoms with Crippen LogP contribution in [0.15, 0.2) is 18.3 Å². The van der Waals surface area contributed by atoms with Gasteiger partial charge >= 0.3 is 0 Å². The molecule has 0 spiro atoms. The van der Waals surface area contributed by atoms with Crippen LogP contribution in [0.1, 0.15) is 19.8 Å². The molecule has 1 N–H and O–H groups in total. The van der Waals surface area contributed by atoms with E-state index in [0.29, 0.717) is 11.0 Å². The van der Waals surface area contributed by atoms with Crippen LogP contribution in [0.3, 0.4) is 0 Å². The highest BCUT2D eigenvalue weighted by Crippen LogP contribution is 2.29. The van der Waals surface area contributed by atoms with Crippen molar-refractivity contribution in [2.45, 2.75) is 19.8 Å². The summed E-state index contributed by atoms with van der Waals surface area (Å²) in [4.78, 5) is 4.42. The Balaban J connectivity index is 1.71. The molecular formula is C13H17ClN4O. The summed E-state index contributed by atoms with van der Waals surface area (Å²) in [6.07, 6.45) is 3.89. The quantitative estimate of drug-likeness (QED) is 0.939. The number of nitrogens with one attached hydrogen (secondary N) is 1. The summed E-state index contributed by atoms with van der Waals surface area (Å²) in [7, 11) is 0. The Labute approximate surface area is 116 Å². The van der Waals surface area contributed by atoms with Crippen LogP contribution in [-0.2, 0) is 4.74 Å². The van der Waals surface area contributed by atoms with Crippen molar-refractivity contribution in [3.05, 3.63) is 23.4 Å². The van der Waals surface area contributed by atoms with E-state index >= 15 is 0 Å². The molecule has 1 aliphatic rings. The number of hydrogen-bond donors (Lipinski definition) is 1. The number of fused-ring (bicyclic) bond motifs is 1. The van der Waals surface area contributed by atoms with Crippen molar-refractivity contribution in [1.29, 1.82) is 0 Å². The minimum atomic E-state index is 0.257. The molecule has 5 nitrogen and oxygen atoms in total. The molecule has 1 aliphatic heterocycles. The first-order valence-corrected chi connectivity index (χ1v) is 6.86. The third-order valence-corrected chi connectivity index (χ3v) is 3.89. The van der Waals surface area contributed by atoms with Crippen molar-refractivity contribution < 1.29 is 4.74 Å². The molecule has 2 aromatic rings. The van der Waals surface area contributed by atoms with E-state index in [0.717, 1.165) is 38.2 Å². The third kappa shape index (κ3) is 2.82. The van der Waals surface area contributed by atoms with Crippen LogP contribution in [0, 0.1) is 5.41 Å². The molecule has 0 amide bonds. The molecule has 0 aromatic carbocycles. The van der Waals surface area contributed by atoms with Gasteiger partial charge in [0.15, 0.2) is 5.65 Å². The number of anilines is 1. The number of halogens is 1. The van der Waals surface area contributed by atoms with E-state index in [2.05, 4.69) is 22.3 Å². The smallest absolute Gasteiger partial charge is 0.243 e. The van der Waals surface area contributed by atoms with Gasteiger partial charge in [-0.1, -0.05) is 18.5 Å². The number of ether oxygens (including phenoxy) is 1. The van der Waals surface area contributed by atoms with Crippen LogP contribution in [-0.4, -0.2) is 34.4 Å². The molecule has 6 heteroatoms. The van der Waals surface area contributed by atoms with Crippen molar-refractivity contribution in [3.63, 3.8) is 0 Å². The van der Waals surface area contributed by atoms with E-state index in [-0.39, 0.29) is 5.41 Å². The fourth-order valence-corrected chi connectivity index (χ4v) is 2.42. The van der Waals surface area contributed by atoms with E-state index in [1.165, 1.54) is 0 Å². The molecule has 1 fully saturated rings. The molecule has 0 bridgehead atoms. The average molecular weight is 281 g/mol. The average Bonchev–Trinajstić information content (AvgIpc) is 2.79. The summed E-state index contributed by atoms with van der Waals surface area (Å²) >= 11 is 5.93. The van der Waals surface area contributed by atoms with Gasteiger partial charge in [0.1, 0.15) is 0 Å². The van der Waals surface area contributed by atoms with E-state index in [9.17, 15) is 0 Å². The van der Waals surface area contributed by atoms with Crippen molar-refractivity contribution >= 4 is 23.2 Å². The molecule has 2 aromatic heterocycles. The fraction of sp³-hybridized carbons (Fsp3) is 0.538. The number of hydrogen-bond acceptors (Lipinski definition) is 4. The second-order valence-electron chi connectivity index (χ2n) is 5.36. The Morgan fingerprint density at radius 1 is 1.42 bits per heavy atom. The first kappa shape index (κ1) is 12.7. The van der Waals surface area contributed by atoms with Crippen molar-refractivity contribution in [1.82, 2.24) is 14.6 Å². The maximum absolute atomic E-state index is 5.93. The summed E-state index contributed by atoms with van der Waals surface area (Å²) in [5.41, 5.74) is 1.05. The SMILES string of the molecule is CC1(CNc2nc3ccc(Cl)cn3n2)CCOCC1. The summed E-state index contributed by atoms with van der Waals surface area (Å²) in [5.74, 6) is 0.648. The van der Waals surface area contributed by atoms with Crippen LogP contribution < -0.4 is 5.32 Å². The topological polar surface area (TPSA) is 51.5 Å². The lowest BCUT2D eigenvalue weighted by molar-refractivity contribution is 0.0299. The van der Waals surface area contributed by atoms with E-state index in [1.807, 2.05) is 12.1 Å². The highest BCUT2D eigenvalue weighted by molar-refractivity contribution is 6.30. The van der Waals surface area contributed by atoms with Gasteiger partial charge in [-0.25, -0.2) is 4.52 Å². The zero-order chi connectivity index (χ0) is 13.3. The van der Waals surface area contributed by atoms with Crippen molar-refractivity contribution in [2.24, 2.45) is 5.41 Å². The van der Waals surface area contributed by atoms with Crippen LogP contribution >= 0.6 is 11.6 Å². The lowest BCUT2D eigenvalue weighted by Gasteiger charge is -2.33. The van der Waals surface area contributed by atoms with E-state index in [1.54, 1.807) is 10.7 Å². The standard InChI is InChI=1S/C13H17ClN4O/c1-13(4-6-19-7-5-13)9-15-12-16-11-3-2-10(14)8-18(11)17-12/h2-3,8H,4-7,9H2,1H3,(H,15,17). The molecule has 0 saturated carbocycles. The van der Waals surface area contributed by atoms with Crippen LogP contribution in [0.25, 0.3) is 5.65 Å². The van der Waals surface area contributed by atoms with E-state index < -0.39 is 0 Å². The molecule has 1 saturated heterocycles. The Morgan fingerprint density at radius 2 is 2.21 bits per heavy atom. The number of nitrogens with zero attached hydrogens (tertiary/aromatic N) is 3. The molecule has 102 valence electrons. The predicted molar refractivity (Wildman–Crippen MR) is 74.6 cm³/mol. The maximum Gasteiger partial charge on any atom is 0.243 e. The number of aromatic nitrogens is 3. The largest absolute Gasteiger partial charge is 0.381 e. The molecule has 3 rings (SSSR count). The second-order valence-corrected chi connectivity index (χ2v) is 5.80. The zero-order valence-corrected chi connectivity index (χ0v) is 11.7. The Hall–Kier alpha value is -1.33. The summed E-state index contributed by atoms with van der Waals surface area (Å²) < 4.78 is 7.09. The Bertz CT molecular complexity index is 577. The number of rotatable bonds is 3. The molecule has 0 radical (unpaired) electrons. The predicted octanol–water partition coefficient (Wildman–Crippen LogP) is 2.61. The monoisotopic (exact) mass is 280 g/mol. The van der Waals surface area contributed by atoms with Gasteiger partial charge in [0.25, 0.3) is 0 Å². The third-order valence-electron chi connectivity index (χ3n) is 3.67. The van der Waals surface area contributed by atoms with Gasteiger partial charge in [0.05, 0.1) is 5.02 Å². The lowest BCUT2D eigenvalue weighted by atomic mass is 9.82.